The van der Waals surface area contributed by atoms with E-state index in [4.69, 9.17) is 10.8 Å². The number of carboxylic acid groups (broad SMARTS) is 1. The van der Waals surface area contributed by atoms with Crippen LogP contribution in [0.15, 0.2) is 41.3 Å². The van der Waals surface area contributed by atoms with Crippen LogP contribution in [0.3, 0.4) is 0 Å². The molecule has 2 rings (SSSR count). The third kappa shape index (κ3) is 3.48. The highest BCUT2D eigenvalue weighted by molar-refractivity contribution is 7.90. The molecule has 0 amide bonds. The lowest BCUT2D eigenvalue weighted by Crippen LogP contribution is -2.06. The Morgan fingerprint density at radius 2 is 1.81 bits per heavy atom. The summed E-state index contributed by atoms with van der Waals surface area (Å²) in [6.07, 6.45) is 1.12. The fourth-order valence-corrected chi connectivity index (χ4v) is 2.24. The van der Waals surface area contributed by atoms with Crippen LogP contribution in [0.1, 0.15) is 10.5 Å². The van der Waals surface area contributed by atoms with Gasteiger partial charge in [-0.3, -0.25) is 0 Å². The molecule has 0 bridgehead atoms. The molecule has 0 saturated carbocycles. The molecule has 2 aromatic rings. The maximum Gasteiger partial charge on any atom is 0.354 e. The van der Waals surface area contributed by atoms with Gasteiger partial charge in [0.1, 0.15) is 0 Å². The molecule has 0 atom stereocenters. The Balaban J connectivity index is 2.30. The summed E-state index contributed by atoms with van der Waals surface area (Å²) in [6, 6.07) is 8.71. The molecule has 0 saturated heterocycles. The molecule has 0 radical (unpaired) electrons. The summed E-state index contributed by atoms with van der Waals surface area (Å²) in [5.74, 6) is -0.965. The van der Waals surface area contributed by atoms with E-state index in [0.717, 1.165) is 6.26 Å². The molecule has 0 fully saturated rings. The van der Waals surface area contributed by atoms with E-state index in [1.165, 1.54) is 24.3 Å². The van der Waals surface area contributed by atoms with Crippen LogP contribution in [0.25, 0.3) is 0 Å². The Labute approximate surface area is 121 Å². The van der Waals surface area contributed by atoms with E-state index in [1.807, 2.05) is 0 Å². The van der Waals surface area contributed by atoms with Crippen LogP contribution in [0.5, 0.6) is 0 Å². The number of sulfone groups is 1. The second-order valence-corrected chi connectivity index (χ2v) is 6.38. The molecule has 1 aromatic heterocycles. The summed E-state index contributed by atoms with van der Waals surface area (Å²) in [5, 5.41) is 11.7. The summed E-state index contributed by atoms with van der Waals surface area (Å²) in [4.78, 5) is 14.9. The highest BCUT2D eigenvalue weighted by Gasteiger charge is 2.10. The van der Waals surface area contributed by atoms with E-state index in [2.05, 4.69) is 10.3 Å². The predicted octanol–water partition coefficient (Wildman–Crippen LogP) is 1.51. The van der Waals surface area contributed by atoms with Crippen LogP contribution in [0, 0.1) is 0 Å². The third-order valence-electron chi connectivity index (χ3n) is 2.69. The van der Waals surface area contributed by atoms with Gasteiger partial charge in [0.05, 0.1) is 10.6 Å². The minimum absolute atomic E-state index is 0.139. The number of carbonyl (C=O) groups is 1. The van der Waals surface area contributed by atoms with Gasteiger partial charge in [-0.2, -0.15) is 0 Å². The second-order valence-electron chi connectivity index (χ2n) is 4.36. The first-order valence-corrected chi connectivity index (χ1v) is 7.73. The zero-order valence-electron chi connectivity index (χ0n) is 11.1. The van der Waals surface area contributed by atoms with Crippen molar-refractivity contribution in [3.8, 4) is 0 Å². The van der Waals surface area contributed by atoms with Crippen LogP contribution in [-0.2, 0) is 9.84 Å². The first-order chi connectivity index (χ1) is 9.77. The highest BCUT2D eigenvalue weighted by atomic mass is 32.2. The lowest BCUT2D eigenvalue weighted by Gasteiger charge is -2.09. The average molecular weight is 307 g/mol. The number of pyridine rings is 1. The quantitative estimate of drug-likeness (QED) is 0.782. The minimum atomic E-state index is -3.26. The maximum absolute atomic E-state index is 11.4. The van der Waals surface area contributed by atoms with Crippen molar-refractivity contribution in [2.75, 3.05) is 17.3 Å². The molecule has 8 heteroatoms. The SMILES string of the molecule is CS(=O)(=O)c1ccc(Nc2nc(C(=O)O)ccc2N)cc1. The van der Waals surface area contributed by atoms with Crippen LogP contribution < -0.4 is 11.1 Å². The lowest BCUT2D eigenvalue weighted by atomic mass is 10.3. The van der Waals surface area contributed by atoms with Crippen LogP contribution in [0.4, 0.5) is 17.2 Å². The Morgan fingerprint density at radius 1 is 1.19 bits per heavy atom. The number of carboxylic acids is 1. The third-order valence-corrected chi connectivity index (χ3v) is 3.82. The molecule has 21 heavy (non-hydrogen) atoms. The van der Waals surface area contributed by atoms with Gasteiger partial charge in [-0.1, -0.05) is 0 Å². The van der Waals surface area contributed by atoms with Gasteiger partial charge in [0.25, 0.3) is 0 Å². The molecule has 110 valence electrons. The van der Waals surface area contributed by atoms with Gasteiger partial charge in [-0.25, -0.2) is 18.2 Å². The Bertz CT molecular complexity index is 786. The number of aromatic carboxylic acids is 1. The fourth-order valence-electron chi connectivity index (χ4n) is 1.61. The molecule has 0 unspecified atom stereocenters. The van der Waals surface area contributed by atoms with Gasteiger partial charge in [0, 0.05) is 11.9 Å². The number of nitrogen functional groups attached to an aromatic ring is 1. The molecule has 1 aromatic carbocycles. The summed E-state index contributed by atoms with van der Waals surface area (Å²) < 4.78 is 22.7. The number of anilines is 3. The summed E-state index contributed by atoms with van der Waals surface area (Å²) in [7, 11) is -3.26. The first-order valence-electron chi connectivity index (χ1n) is 5.84. The van der Waals surface area contributed by atoms with Gasteiger partial charge < -0.3 is 16.2 Å². The Hall–Kier alpha value is -2.61. The van der Waals surface area contributed by atoms with E-state index in [9.17, 15) is 13.2 Å². The van der Waals surface area contributed by atoms with Crippen molar-refractivity contribution in [3.05, 3.63) is 42.1 Å². The zero-order valence-corrected chi connectivity index (χ0v) is 11.9. The van der Waals surface area contributed by atoms with Crippen molar-refractivity contribution in [1.29, 1.82) is 0 Å². The molecule has 7 nitrogen and oxygen atoms in total. The molecule has 0 aliphatic rings. The highest BCUT2D eigenvalue weighted by Crippen LogP contribution is 2.22. The van der Waals surface area contributed by atoms with E-state index in [0.29, 0.717) is 5.69 Å². The second kappa shape index (κ2) is 5.41. The van der Waals surface area contributed by atoms with E-state index < -0.39 is 15.8 Å². The molecule has 0 aliphatic heterocycles. The molecule has 0 aliphatic carbocycles. The Morgan fingerprint density at radius 3 is 2.33 bits per heavy atom. The largest absolute Gasteiger partial charge is 0.477 e. The number of nitrogens with one attached hydrogen (secondary N) is 1. The van der Waals surface area contributed by atoms with Gasteiger partial charge in [-0.05, 0) is 36.4 Å². The van der Waals surface area contributed by atoms with E-state index >= 15 is 0 Å². The standard InChI is InChI=1S/C13H13N3O4S/c1-21(19,20)9-4-2-8(3-5-9)15-12-10(14)6-7-11(16-12)13(17)18/h2-7H,14H2,1H3,(H,15,16)(H,17,18). The number of nitrogens with zero attached hydrogens (tertiary/aromatic N) is 1. The number of hydrogen-bond acceptors (Lipinski definition) is 6. The zero-order chi connectivity index (χ0) is 15.6. The van der Waals surface area contributed by atoms with Crippen molar-refractivity contribution in [2.24, 2.45) is 0 Å². The topological polar surface area (TPSA) is 122 Å². The number of hydrogen-bond donors (Lipinski definition) is 3. The van der Waals surface area contributed by atoms with Crippen molar-refractivity contribution in [2.45, 2.75) is 4.90 Å². The number of nitrogens with two attached hydrogens (primary N) is 1. The average Bonchev–Trinajstić information content (AvgIpc) is 2.40. The van der Waals surface area contributed by atoms with Gasteiger partial charge >= 0.3 is 5.97 Å². The van der Waals surface area contributed by atoms with Gasteiger partial charge in [0.15, 0.2) is 21.3 Å². The van der Waals surface area contributed by atoms with Crippen molar-refractivity contribution in [1.82, 2.24) is 4.98 Å². The summed E-state index contributed by atoms with van der Waals surface area (Å²) in [6.45, 7) is 0. The molecule has 1 heterocycles. The van der Waals surface area contributed by atoms with Gasteiger partial charge in [-0.15, -0.1) is 0 Å². The molecule has 0 spiro atoms. The minimum Gasteiger partial charge on any atom is -0.477 e. The summed E-state index contributed by atoms with van der Waals surface area (Å²) >= 11 is 0. The number of aromatic nitrogens is 1. The first kappa shape index (κ1) is 14.8. The fraction of sp³-hybridized carbons (Fsp3) is 0.0769. The molecular formula is C13H13N3O4S. The number of benzene rings is 1. The van der Waals surface area contributed by atoms with Crippen molar-refractivity contribution in [3.63, 3.8) is 0 Å². The van der Waals surface area contributed by atoms with Crippen molar-refractivity contribution < 1.29 is 18.3 Å². The van der Waals surface area contributed by atoms with Crippen molar-refractivity contribution >= 4 is 33.0 Å². The lowest BCUT2D eigenvalue weighted by molar-refractivity contribution is 0.0690. The Kier molecular flexibility index (Phi) is 3.81. The number of rotatable bonds is 4. The van der Waals surface area contributed by atoms with Crippen LogP contribution in [-0.4, -0.2) is 30.7 Å². The van der Waals surface area contributed by atoms with E-state index in [-0.39, 0.29) is 22.1 Å². The maximum atomic E-state index is 11.4. The van der Waals surface area contributed by atoms with Gasteiger partial charge in [0.2, 0.25) is 0 Å². The van der Waals surface area contributed by atoms with Crippen LogP contribution >= 0.6 is 0 Å². The normalized spacial score (nSPS) is 11.1. The van der Waals surface area contributed by atoms with E-state index in [1.54, 1.807) is 12.1 Å². The smallest absolute Gasteiger partial charge is 0.354 e. The predicted molar refractivity (Wildman–Crippen MR) is 78.4 cm³/mol. The molecular weight excluding hydrogens is 294 g/mol. The van der Waals surface area contributed by atoms with Crippen LogP contribution in [0.2, 0.25) is 0 Å². The molecule has 4 N–H and O–H groups in total. The summed E-state index contributed by atoms with van der Waals surface area (Å²) in [5.41, 5.74) is 6.41. The monoisotopic (exact) mass is 307 g/mol.